The molecule has 0 atom stereocenters. The highest BCUT2D eigenvalue weighted by Crippen LogP contribution is 2.29. The lowest BCUT2D eigenvalue weighted by Crippen LogP contribution is -2.41. The van der Waals surface area contributed by atoms with E-state index in [-0.39, 0.29) is 28.5 Å². The van der Waals surface area contributed by atoms with Gasteiger partial charge >= 0.3 is 6.61 Å². The molecule has 2 aromatic carbocycles. The molecule has 0 aliphatic heterocycles. The van der Waals surface area contributed by atoms with Crippen molar-refractivity contribution in [1.82, 2.24) is 10.0 Å². The summed E-state index contributed by atoms with van der Waals surface area (Å²) in [5.41, 5.74) is -0.251. The molecule has 0 spiro atoms. The summed E-state index contributed by atoms with van der Waals surface area (Å²) in [6.45, 7) is 1.99. The number of alkyl halides is 2. The summed E-state index contributed by atoms with van der Waals surface area (Å²) in [7, 11) is -2.52. The van der Waals surface area contributed by atoms with E-state index >= 15 is 0 Å². The van der Waals surface area contributed by atoms with Crippen LogP contribution in [0.4, 0.5) is 8.78 Å². The number of rotatable bonds is 8. The molecule has 10 heteroatoms. The number of sulfonamides is 1. The largest absolute Gasteiger partial charge is 0.493 e. The van der Waals surface area contributed by atoms with E-state index in [1.807, 2.05) is 0 Å². The number of ether oxygens (including phenoxy) is 2. The molecule has 0 aliphatic carbocycles. The van der Waals surface area contributed by atoms with Crippen molar-refractivity contribution in [1.29, 1.82) is 0 Å². The normalized spacial score (nSPS) is 12.0. The Balaban J connectivity index is 2.22. The Morgan fingerprint density at radius 3 is 2.37 bits per heavy atom. The Bertz CT molecular complexity index is 1000. The van der Waals surface area contributed by atoms with E-state index in [4.69, 9.17) is 4.74 Å². The van der Waals surface area contributed by atoms with Gasteiger partial charge in [-0.3, -0.25) is 4.79 Å². The second kappa shape index (κ2) is 9.40. The topological polar surface area (TPSA) is 93.7 Å². The molecular formula is C20H24F2N2O5S. The third-order valence-electron chi connectivity index (χ3n) is 3.78. The highest BCUT2D eigenvalue weighted by Gasteiger charge is 2.24. The van der Waals surface area contributed by atoms with Gasteiger partial charge in [0.05, 0.1) is 12.0 Å². The maximum atomic E-state index is 12.7. The van der Waals surface area contributed by atoms with Crippen molar-refractivity contribution in [3.8, 4) is 11.5 Å². The molecule has 164 valence electrons. The minimum atomic E-state index is -3.81. The summed E-state index contributed by atoms with van der Waals surface area (Å²) in [6, 6.07) is 10.1. The number of benzene rings is 2. The molecule has 7 nitrogen and oxygen atoms in total. The summed E-state index contributed by atoms with van der Waals surface area (Å²) in [5, 5.41) is 2.59. The van der Waals surface area contributed by atoms with Crippen molar-refractivity contribution >= 4 is 15.9 Å². The Morgan fingerprint density at radius 1 is 1.10 bits per heavy atom. The number of halogens is 2. The van der Waals surface area contributed by atoms with Gasteiger partial charge in [-0.2, -0.15) is 8.78 Å². The zero-order valence-electron chi connectivity index (χ0n) is 17.0. The Hall–Kier alpha value is -2.72. The number of methoxy groups -OCH3 is 1. The van der Waals surface area contributed by atoms with Crippen molar-refractivity contribution < 1.29 is 31.5 Å². The molecule has 0 aromatic heterocycles. The lowest BCUT2D eigenvalue weighted by atomic mass is 10.1. The average Bonchev–Trinajstić information content (AvgIpc) is 2.64. The fourth-order valence-corrected chi connectivity index (χ4v) is 4.31. The lowest BCUT2D eigenvalue weighted by Gasteiger charge is -2.21. The van der Waals surface area contributed by atoms with Crippen molar-refractivity contribution in [2.45, 2.75) is 44.4 Å². The molecule has 0 bridgehead atoms. The van der Waals surface area contributed by atoms with Crippen LogP contribution in [-0.4, -0.2) is 33.6 Å². The molecule has 30 heavy (non-hydrogen) atoms. The molecule has 2 aromatic rings. The van der Waals surface area contributed by atoms with Crippen molar-refractivity contribution in [2.75, 3.05) is 7.11 Å². The summed E-state index contributed by atoms with van der Waals surface area (Å²) < 4.78 is 62.4. The van der Waals surface area contributed by atoms with E-state index in [0.717, 1.165) is 6.07 Å². The van der Waals surface area contributed by atoms with Gasteiger partial charge in [0.1, 0.15) is 0 Å². The molecule has 1 amide bonds. The van der Waals surface area contributed by atoms with Crippen LogP contribution >= 0.6 is 0 Å². The zero-order chi connectivity index (χ0) is 22.5. The first-order valence-corrected chi connectivity index (χ1v) is 10.4. The number of amides is 1. The summed E-state index contributed by atoms with van der Waals surface area (Å²) in [4.78, 5) is 12.5. The number of carbonyl (C=O) groups excluding carboxylic acids is 1. The fraction of sp³-hybridized carbons (Fsp3) is 0.350. The number of nitrogens with one attached hydrogen (secondary N) is 2. The van der Waals surface area contributed by atoms with Crippen LogP contribution in [0.3, 0.4) is 0 Å². The minimum Gasteiger partial charge on any atom is -0.493 e. The van der Waals surface area contributed by atoms with Crippen LogP contribution in [0.1, 0.15) is 36.7 Å². The van der Waals surface area contributed by atoms with E-state index in [2.05, 4.69) is 14.8 Å². The average molecular weight is 442 g/mol. The van der Waals surface area contributed by atoms with E-state index in [9.17, 15) is 22.0 Å². The maximum absolute atomic E-state index is 12.7. The van der Waals surface area contributed by atoms with Gasteiger partial charge in [-0.15, -0.1) is 0 Å². The second-order valence-corrected chi connectivity index (χ2v) is 9.04. The highest BCUT2D eigenvalue weighted by molar-refractivity contribution is 7.89. The van der Waals surface area contributed by atoms with Crippen LogP contribution in [-0.2, 0) is 16.6 Å². The first-order valence-electron chi connectivity index (χ1n) is 8.96. The molecular weight excluding hydrogens is 418 g/mol. The van der Waals surface area contributed by atoms with Crippen molar-refractivity contribution in [3.05, 3.63) is 53.6 Å². The van der Waals surface area contributed by atoms with Crippen LogP contribution in [0.5, 0.6) is 11.5 Å². The third-order valence-corrected chi connectivity index (χ3v) is 5.64. The summed E-state index contributed by atoms with van der Waals surface area (Å²) >= 11 is 0. The van der Waals surface area contributed by atoms with Crippen molar-refractivity contribution in [2.24, 2.45) is 0 Å². The van der Waals surface area contributed by atoms with Gasteiger partial charge in [-0.05, 0) is 50.6 Å². The molecule has 0 heterocycles. The van der Waals surface area contributed by atoms with Gasteiger partial charge in [0.15, 0.2) is 11.5 Å². The van der Waals surface area contributed by atoms with Crippen LogP contribution in [0, 0.1) is 0 Å². The van der Waals surface area contributed by atoms with Gasteiger partial charge < -0.3 is 14.8 Å². The molecule has 0 aliphatic rings. The van der Waals surface area contributed by atoms with Gasteiger partial charge in [-0.1, -0.05) is 18.2 Å². The Kier molecular flexibility index (Phi) is 7.38. The number of hydrogen-bond acceptors (Lipinski definition) is 5. The predicted molar refractivity (Wildman–Crippen MR) is 107 cm³/mol. The first kappa shape index (κ1) is 23.6. The highest BCUT2D eigenvalue weighted by atomic mass is 32.2. The van der Waals surface area contributed by atoms with Gasteiger partial charge in [0.2, 0.25) is 10.0 Å². The lowest BCUT2D eigenvalue weighted by molar-refractivity contribution is -0.0512. The third kappa shape index (κ3) is 6.39. The zero-order valence-corrected chi connectivity index (χ0v) is 17.8. The van der Waals surface area contributed by atoms with Crippen LogP contribution < -0.4 is 19.5 Å². The van der Waals surface area contributed by atoms with E-state index < -0.39 is 28.1 Å². The Morgan fingerprint density at radius 2 is 1.77 bits per heavy atom. The van der Waals surface area contributed by atoms with Crippen LogP contribution in [0.2, 0.25) is 0 Å². The quantitative estimate of drug-likeness (QED) is 0.654. The summed E-state index contributed by atoms with van der Waals surface area (Å²) in [5.74, 6) is -0.818. The van der Waals surface area contributed by atoms with Crippen LogP contribution in [0.25, 0.3) is 0 Å². The molecule has 2 N–H and O–H groups in total. The minimum absolute atomic E-state index is 0.0386. The van der Waals surface area contributed by atoms with E-state index in [1.165, 1.54) is 25.3 Å². The van der Waals surface area contributed by atoms with Gasteiger partial charge in [0, 0.05) is 17.6 Å². The standard InChI is InChI=1S/C20H24F2N2O5S/c1-20(2,3)24-30(26,27)17-8-6-5-7-14(17)12-23-18(25)13-9-10-15(28-4)16(11-13)29-19(21)22/h5-11,19,24H,12H2,1-4H3,(H,23,25). The van der Waals surface area contributed by atoms with Crippen LogP contribution in [0.15, 0.2) is 47.4 Å². The molecule has 0 saturated heterocycles. The molecule has 0 fully saturated rings. The molecule has 0 saturated carbocycles. The molecule has 0 unspecified atom stereocenters. The number of carbonyl (C=O) groups is 1. The monoisotopic (exact) mass is 442 g/mol. The predicted octanol–water partition coefficient (Wildman–Crippen LogP) is 3.30. The van der Waals surface area contributed by atoms with Crippen molar-refractivity contribution in [3.63, 3.8) is 0 Å². The summed E-state index contributed by atoms with van der Waals surface area (Å²) in [6.07, 6.45) is 0. The second-order valence-electron chi connectivity index (χ2n) is 7.39. The van der Waals surface area contributed by atoms with E-state index in [0.29, 0.717) is 5.56 Å². The molecule has 0 radical (unpaired) electrons. The fourth-order valence-electron chi connectivity index (χ4n) is 2.65. The molecule has 2 rings (SSSR count). The first-order chi connectivity index (χ1) is 13.9. The van der Waals surface area contributed by atoms with Gasteiger partial charge in [-0.25, -0.2) is 13.1 Å². The smallest absolute Gasteiger partial charge is 0.387 e. The van der Waals surface area contributed by atoms with E-state index in [1.54, 1.807) is 39.0 Å². The Labute approximate surface area is 174 Å². The van der Waals surface area contributed by atoms with Gasteiger partial charge in [0.25, 0.3) is 5.91 Å². The SMILES string of the molecule is COc1ccc(C(=O)NCc2ccccc2S(=O)(=O)NC(C)(C)C)cc1OC(F)F. The number of hydrogen-bond donors (Lipinski definition) is 2. The maximum Gasteiger partial charge on any atom is 0.387 e.